The third kappa shape index (κ3) is 3.69. The lowest BCUT2D eigenvalue weighted by Crippen LogP contribution is -2.42. The van der Waals surface area contributed by atoms with Crippen LogP contribution >= 0.6 is 0 Å². The fraction of sp³-hybridized carbons (Fsp3) is 0.346. The number of oxazole rings is 1. The summed E-state index contributed by atoms with van der Waals surface area (Å²) < 4.78 is 32.3. The third-order valence-electron chi connectivity index (χ3n) is 7.10. The first kappa shape index (κ1) is 23.1. The van der Waals surface area contributed by atoms with Crippen LogP contribution in [0.3, 0.4) is 0 Å². The average Bonchev–Trinajstić information content (AvgIpc) is 3.25. The van der Waals surface area contributed by atoms with Crippen LogP contribution in [0.25, 0.3) is 22.0 Å². The van der Waals surface area contributed by atoms with Gasteiger partial charge < -0.3 is 13.9 Å². The zero-order valence-electron chi connectivity index (χ0n) is 20.1. The highest BCUT2D eigenvalue weighted by Crippen LogP contribution is 2.40. The summed E-state index contributed by atoms with van der Waals surface area (Å²) in [6.45, 7) is 5.27. The van der Waals surface area contributed by atoms with Gasteiger partial charge in [0.15, 0.2) is 15.4 Å². The summed E-state index contributed by atoms with van der Waals surface area (Å²) >= 11 is 0. The minimum absolute atomic E-state index is 0.0200. The van der Waals surface area contributed by atoms with Crippen molar-refractivity contribution >= 4 is 37.5 Å². The molecule has 0 unspecified atom stereocenters. The molecule has 0 spiro atoms. The third-order valence-corrected chi connectivity index (χ3v) is 8.23. The Hall–Kier alpha value is -3.64. The summed E-state index contributed by atoms with van der Waals surface area (Å²) in [7, 11) is -2.08. The van der Waals surface area contributed by atoms with Crippen LogP contribution in [0.2, 0.25) is 0 Å². The van der Waals surface area contributed by atoms with Crippen molar-refractivity contribution < 1.29 is 12.8 Å². The zero-order valence-corrected chi connectivity index (χ0v) is 20.9. The number of sulfone groups is 1. The summed E-state index contributed by atoms with van der Waals surface area (Å²) in [5.41, 5.74) is 2.73. The van der Waals surface area contributed by atoms with E-state index in [1.807, 2.05) is 30.0 Å². The Morgan fingerprint density at radius 2 is 1.89 bits per heavy atom. The minimum Gasteiger partial charge on any atom is -0.440 e. The number of benzene rings is 2. The van der Waals surface area contributed by atoms with Gasteiger partial charge in [0.2, 0.25) is 5.89 Å². The molecule has 0 bridgehead atoms. The molecule has 180 valence electrons. The Kier molecular flexibility index (Phi) is 5.25. The van der Waals surface area contributed by atoms with Crippen LogP contribution in [-0.2, 0) is 22.3 Å². The number of nitrogens with zero attached hydrogens (tertiary/aromatic N) is 4. The molecule has 0 aliphatic carbocycles. The Morgan fingerprint density at radius 1 is 1.17 bits per heavy atom. The topological polar surface area (TPSA) is 109 Å². The Bertz CT molecular complexity index is 1700. The van der Waals surface area contributed by atoms with Gasteiger partial charge >= 0.3 is 0 Å². The van der Waals surface area contributed by atoms with E-state index in [4.69, 9.17) is 9.40 Å². The standard InChI is InChI=1S/C26H26N4O4S/c1-16-8-9-20-19(14-16)28-25(34-20)26(2)10-12-30(13-11-26)22-17-6-5-7-21(35(4,32)33)23(17)29(3)24(31)18(22)15-27/h5-9,14H,10-13H2,1-4H3. The number of pyridine rings is 1. The van der Waals surface area contributed by atoms with Crippen LogP contribution in [0.5, 0.6) is 0 Å². The number of aromatic nitrogens is 2. The smallest absolute Gasteiger partial charge is 0.270 e. The molecule has 1 saturated heterocycles. The van der Waals surface area contributed by atoms with E-state index >= 15 is 0 Å². The average molecular weight is 491 g/mol. The maximum atomic E-state index is 13.1. The second-order valence-electron chi connectivity index (χ2n) is 9.66. The molecule has 8 nitrogen and oxygen atoms in total. The summed E-state index contributed by atoms with van der Waals surface area (Å²) in [4.78, 5) is 20.0. The van der Waals surface area contributed by atoms with E-state index in [1.165, 1.54) is 17.7 Å². The number of nitriles is 1. The van der Waals surface area contributed by atoms with Gasteiger partial charge in [-0.3, -0.25) is 4.79 Å². The quantitative estimate of drug-likeness (QED) is 0.429. The van der Waals surface area contributed by atoms with E-state index in [2.05, 4.69) is 13.0 Å². The van der Waals surface area contributed by atoms with E-state index in [0.717, 1.165) is 22.9 Å². The van der Waals surface area contributed by atoms with Crippen molar-refractivity contribution in [2.45, 2.75) is 37.0 Å². The molecular formula is C26H26N4O4S. The van der Waals surface area contributed by atoms with Gasteiger partial charge in [0.05, 0.1) is 16.1 Å². The van der Waals surface area contributed by atoms with Crippen molar-refractivity contribution in [2.75, 3.05) is 24.2 Å². The van der Waals surface area contributed by atoms with Crippen molar-refractivity contribution in [3.8, 4) is 6.07 Å². The van der Waals surface area contributed by atoms with Crippen molar-refractivity contribution in [2.24, 2.45) is 7.05 Å². The fourth-order valence-corrected chi connectivity index (χ4v) is 5.95. The second-order valence-corrected chi connectivity index (χ2v) is 11.6. The molecular weight excluding hydrogens is 464 g/mol. The lowest BCUT2D eigenvalue weighted by molar-refractivity contribution is 0.292. The molecule has 3 heterocycles. The molecule has 5 rings (SSSR count). The number of hydrogen-bond acceptors (Lipinski definition) is 7. The van der Waals surface area contributed by atoms with Crippen LogP contribution in [0.4, 0.5) is 5.69 Å². The second kappa shape index (κ2) is 7.95. The van der Waals surface area contributed by atoms with E-state index in [0.29, 0.717) is 48.4 Å². The van der Waals surface area contributed by atoms with Crippen molar-refractivity contribution in [1.82, 2.24) is 9.55 Å². The summed E-state index contributed by atoms with van der Waals surface area (Å²) in [5.74, 6) is 0.687. The molecule has 1 aliphatic rings. The van der Waals surface area contributed by atoms with Crippen molar-refractivity contribution in [1.29, 1.82) is 5.26 Å². The first-order chi connectivity index (χ1) is 16.5. The van der Waals surface area contributed by atoms with Gasteiger partial charge in [-0.15, -0.1) is 0 Å². The molecule has 0 N–H and O–H groups in total. The molecule has 35 heavy (non-hydrogen) atoms. The number of aryl methyl sites for hydroxylation is 2. The predicted molar refractivity (Wildman–Crippen MR) is 135 cm³/mol. The summed E-state index contributed by atoms with van der Waals surface area (Å²) in [6, 6.07) is 12.9. The van der Waals surface area contributed by atoms with Gasteiger partial charge in [0, 0.05) is 37.2 Å². The highest BCUT2D eigenvalue weighted by molar-refractivity contribution is 7.91. The zero-order chi connectivity index (χ0) is 25.1. The molecule has 1 fully saturated rings. The Morgan fingerprint density at radius 3 is 2.54 bits per heavy atom. The van der Waals surface area contributed by atoms with Crippen LogP contribution in [0.1, 0.15) is 36.8 Å². The van der Waals surface area contributed by atoms with Crippen LogP contribution in [0.15, 0.2) is 50.5 Å². The fourth-order valence-electron chi connectivity index (χ4n) is 5.03. The highest BCUT2D eigenvalue weighted by Gasteiger charge is 2.37. The number of fused-ring (bicyclic) bond motifs is 2. The maximum Gasteiger partial charge on any atom is 0.270 e. The Balaban J connectivity index is 1.59. The van der Waals surface area contributed by atoms with Gasteiger partial charge in [0.1, 0.15) is 17.1 Å². The lowest BCUT2D eigenvalue weighted by Gasteiger charge is -2.39. The monoisotopic (exact) mass is 490 g/mol. The molecule has 2 aromatic heterocycles. The van der Waals surface area contributed by atoms with Gasteiger partial charge in [-0.2, -0.15) is 5.26 Å². The number of rotatable bonds is 3. The van der Waals surface area contributed by atoms with Gasteiger partial charge in [-0.1, -0.05) is 25.1 Å². The van der Waals surface area contributed by atoms with E-state index < -0.39 is 15.4 Å². The summed E-state index contributed by atoms with van der Waals surface area (Å²) in [6.07, 6.45) is 2.52. The molecule has 0 amide bonds. The van der Waals surface area contributed by atoms with Crippen LogP contribution in [0, 0.1) is 18.3 Å². The van der Waals surface area contributed by atoms with Gasteiger partial charge in [-0.05, 0) is 43.5 Å². The molecule has 2 aromatic carbocycles. The van der Waals surface area contributed by atoms with E-state index in [-0.39, 0.29) is 15.9 Å². The highest BCUT2D eigenvalue weighted by atomic mass is 32.2. The largest absolute Gasteiger partial charge is 0.440 e. The molecule has 4 aromatic rings. The maximum absolute atomic E-state index is 13.1. The van der Waals surface area contributed by atoms with Gasteiger partial charge in [-0.25, -0.2) is 13.4 Å². The van der Waals surface area contributed by atoms with Crippen molar-refractivity contribution in [3.05, 3.63) is 63.8 Å². The summed E-state index contributed by atoms with van der Waals surface area (Å²) in [5, 5.41) is 10.5. The molecule has 9 heteroatoms. The lowest BCUT2D eigenvalue weighted by atomic mass is 9.80. The number of hydrogen-bond donors (Lipinski definition) is 0. The van der Waals surface area contributed by atoms with Crippen LogP contribution in [-0.4, -0.2) is 37.3 Å². The first-order valence-electron chi connectivity index (χ1n) is 11.4. The predicted octanol–water partition coefficient (Wildman–Crippen LogP) is 3.82. The minimum atomic E-state index is -3.59. The van der Waals surface area contributed by atoms with E-state index in [1.54, 1.807) is 12.1 Å². The first-order valence-corrected chi connectivity index (χ1v) is 13.3. The molecule has 1 aliphatic heterocycles. The van der Waals surface area contributed by atoms with Crippen LogP contribution < -0.4 is 10.5 Å². The van der Waals surface area contributed by atoms with Crippen molar-refractivity contribution in [3.63, 3.8) is 0 Å². The number of piperidine rings is 1. The SMILES string of the molecule is Cc1ccc2oc(C3(C)CCN(c4c(C#N)c(=O)n(C)c5c(S(C)(=O)=O)cccc45)CC3)nc2c1. The van der Waals surface area contributed by atoms with E-state index in [9.17, 15) is 18.5 Å². The Labute approximate surface area is 203 Å². The molecule has 0 saturated carbocycles. The number of para-hydroxylation sites is 1. The normalized spacial score (nSPS) is 16.0. The molecule has 0 atom stereocenters. The molecule has 0 radical (unpaired) electrons. The number of anilines is 1. The van der Waals surface area contributed by atoms with Gasteiger partial charge in [0.25, 0.3) is 5.56 Å².